The Bertz CT molecular complexity index is 975. The van der Waals surface area contributed by atoms with E-state index in [2.05, 4.69) is 4.98 Å². The Morgan fingerprint density at radius 2 is 1.92 bits per heavy atom. The van der Waals surface area contributed by atoms with Crippen LogP contribution in [-0.4, -0.2) is 9.55 Å². The third-order valence-corrected chi connectivity index (χ3v) is 3.88. The molecular weight excluding hydrogens is 336 g/mol. The van der Waals surface area contributed by atoms with Crippen LogP contribution in [0.15, 0.2) is 47.5 Å². The molecule has 2 heterocycles. The van der Waals surface area contributed by atoms with Crippen LogP contribution in [0.25, 0.3) is 22.0 Å². The Balaban J connectivity index is 2.10. The van der Waals surface area contributed by atoms with Gasteiger partial charge in [0, 0.05) is 24.5 Å². The number of hydrogen-bond acceptors (Lipinski definition) is 2. The first kappa shape index (κ1) is 17.1. The average Bonchev–Trinajstić information content (AvgIpc) is 2.56. The van der Waals surface area contributed by atoms with Gasteiger partial charge in [-0.05, 0) is 42.1 Å². The van der Waals surface area contributed by atoms with Crippen molar-refractivity contribution in [1.29, 1.82) is 0 Å². The van der Waals surface area contributed by atoms with Crippen LogP contribution in [0.4, 0.5) is 17.6 Å². The van der Waals surface area contributed by atoms with Crippen molar-refractivity contribution >= 4 is 10.8 Å². The first-order valence-corrected chi connectivity index (χ1v) is 7.67. The number of aromatic nitrogens is 2. The van der Waals surface area contributed by atoms with E-state index in [0.717, 1.165) is 18.6 Å². The lowest BCUT2D eigenvalue weighted by atomic mass is 10.0. The Morgan fingerprint density at radius 3 is 2.52 bits per heavy atom. The summed E-state index contributed by atoms with van der Waals surface area (Å²) in [5, 5.41) is 0.348. The fourth-order valence-electron chi connectivity index (χ4n) is 2.66. The number of aryl methyl sites for hydroxylation is 1. The molecular formula is C18H14F4N2O. The summed E-state index contributed by atoms with van der Waals surface area (Å²) in [5.74, 6) is -0.718. The number of pyridine rings is 2. The molecule has 2 aromatic heterocycles. The summed E-state index contributed by atoms with van der Waals surface area (Å²) < 4.78 is 53.7. The Hall–Kier alpha value is -2.70. The monoisotopic (exact) mass is 350 g/mol. The van der Waals surface area contributed by atoms with E-state index in [9.17, 15) is 22.4 Å². The fourth-order valence-corrected chi connectivity index (χ4v) is 2.66. The summed E-state index contributed by atoms with van der Waals surface area (Å²) in [6, 6.07) is 6.36. The molecule has 130 valence electrons. The molecule has 0 fully saturated rings. The summed E-state index contributed by atoms with van der Waals surface area (Å²) >= 11 is 0. The predicted molar refractivity (Wildman–Crippen MR) is 86.7 cm³/mol. The van der Waals surface area contributed by atoms with Crippen LogP contribution >= 0.6 is 0 Å². The van der Waals surface area contributed by atoms with Gasteiger partial charge in [-0.15, -0.1) is 0 Å². The minimum atomic E-state index is -4.48. The molecule has 0 aliphatic rings. The number of hydrogen-bond donors (Lipinski definition) is 0. The van der Waals surface area contributed by atoms with Gasteiger partial charge in [-0.25, -0.2) is 4.39 Å². The van der Waals surface area contributed by atoms with Crippen molar-refractivity contribution in [2.75, 3.05) is 0 Å². The molecule has 3 aromatic rings. The molecule has 7 heteroatoms. The Morgan fingerprint density at radius 1 is 1.16 bits per heavy atom. The highest BCUT2D eigenvalue weighted by molar-refractivity contribution is 5.86. The lowest BCUT2D eigenvalue weighted by Crippen LogP contribution is -2.20. The summed E-state index contributed by atoms with van der Waals surface area (Å²) in [5.41, 5.74) is -0.790. The molecule has 0 unspecified atom stereocenters. The molecule has 0 radical (unpaired) electrons. The van der Waals surface area contributed by atoms with Gasteiger partial charge in [0.05, 0.1) is 16.6 Å². The van der Waals surface area contributed by atoms with Crippen molar-refractivity contribution in [3.8, 4) is 11.3 Å². The molecule has 0 aliphatic carbocycles. The molecule has 0 spiro atoms. The second kappa shape index (κ2) is 6.31. The van der Waals surface area contributed by atoms with Crippen molar-refractivity contribution in [2.24, 2.45) is 0 Å². The number of benzene rings is 1. The standard InChI is InChI=1S/C18H14F4N2O/c1-2-6-24-7-5-11-8-12(9-14(19)16(11)17(24)25)15-4-3-13(10-23-15)18(20,21)22/h3-5,7-10H,2,6H2,1H3. The van der Waals surface area contributed by atoms with Gasteiger partial charge in [0.2, 0.25) is 0 Å². The van der Waals surface area contributed by atoms with E-state index in [1.54, 1.807) is 18.3 Å². The molecule has 0 saturated heterocycles. The first-order chi connectivity index (χ1) is 11.8. The van der Waals surface area contributed by atoms with Gasteiger partial charge in [-0.3, -0.25) is 9.78 Å². The maximum atomic E-state index is 14.5. The van der Waals surface area contributed by atoms with E-state index < -0.39 is 23.1 Å². The van der Waals surface area contributed by atoms with E-state index in [1.165, 1.54) is 10.6 Å². The number of fused-ring (bicyclic) bond motifs is 1. The SMILES string of the molecule is CCCn1ccc2cc(-c3ccc(C(F)(F)F)cn3)cc(F)c2c1=O. The molecule has 0 atom stereocenters. The number of halogens is 4. The van der Waals surface area contributed by atoms with Crippen LogP contribution in [-0.2, 0) is 12.7 Å². The van der Waals surface area contributed by atoms with E-state index in [1.807, 2.05) is 6.92 Å². The lowest BCUT2D eigenvalue weighted by Gasteiger charge is -2.10. The quantitative estimate of drug-likeness (QED) is 0.646. The van der Waals surface area contributed by atoms with Crippen LogP contribution in [0.5, 0.6) is 0 Å². The van der Waals surface area contributed by atoms with Gasteiger partial charge in [0.1, 0.15) is 5.82 Å². The highest BCUT2D eigenvalue weighted by atomic mass is 19.4. The van der Waals surface area contributed by atoms with Crippen molar-refractivity contribution in [1.82, 2.24) is 9.55 Å². The van der Waals surface area contributed by atoms with Gasteiger partial charge in [-0.1, -0.05) is 6.92 Å². The normalized spacial score (nSPS) is 11.9. The Kier molecular flexibility index (Phi) is 4.32. The zero-order valence-electron chi connectivity index (χ0n) is 13.3. The van der Waals surface area contributed by atoms with Crippen LogP contribution in [0.3, 0.4) is 0 Å². The predicted octanol–water partition coefficient (Wildman–Crippen LogP) is 4.63. The van der Waals surface area contributed by atoms with Crippen LogP contribution < -0.4 is 5.56 Å². The highest BCUT2D eigenvalue weighted by Gasteiger charge is 2.30. The molecule has 0 bridgehead atoms. The van der Waals surface area contributed by atoms with E-state index >= 15 is 0 Å². The van der Waals surface area contributed by atoms with Gasteiger partial charge < -0.3 is 4.57 Å². The molecule has 3 rings (SSSR count). The average molecular weight is 350 g/mol. The lowest BCUT2D eigenvalue weighted by molar-refractivity contribution is -0.137. The first-order valence-electron chi connectivity index (χ1n) is 7.67. The molecule has 1 aromatic carbocycles. The number of alkyl halides is 3. The van der Waals surface area contributed by atoms with Gasteiger partial charge in [-0.2, -0.15) is 13.2 Å². The van der Waals surface area contributed by atoms with Crippen LogP contribution in [0.2, 0.25) is 0 Å². The van der Waals surface area contributed by atoms with Crippen LogP contribution in [0, 0.1) is 5.82 Å². The summed E-state index contributed by atoms with van der Waals surface area (Å²) in [4.78, 5) is 16.1. The maximum absolute atomic E-state index is 14.5. The molecule has 0 saturated carbocycles. The molecule has 3 nitrogen and oxygen atoms in total. The summed E-state index contributed by atoms with van der Waals surface area (Å²) in [6.45, 7) is 2.39. The van der Waals surface area contributed by atoms with Gasteiger partial charge >= 0.3 is 6.18 Å². The molecule has 0 aliphatic heterocycles. The highest BCUT2D eigenvalue weighted by Crippen LogP contribution is 2.30. The topological polar surface area (TPSA) is 34.9 Å². The minimum Gasteiger partial charge on any atom is -0.315 e. The third kappa shape index (κ3) is 3.26. The fraction of sp³-hybridized carbons (Fsp3) is 0.222. The maximum Gasteiger partial charge on any atom is 0.417 e. The van der Waals surface area contributed by atoms with Crippen molar-refractivity contribution < 1.29 is 17.6 Å². The molecule has 25 heavy (non-hydrogen) atoms. The third-order valence-electron chi connectivity index (χ3n) is 3.88. The second-order valence-corrected chi connectivity index (χ2v) is 5.67. The minimum absolute atomic E-state index is 0.0355. The van der Waals surface area contributed by atoms with E-state index in [4.69, 9.17) is 0 Å². The second-order valence-electron chi connectivity index (χ2n) is 5.67. The zero-order chi connectivity index (χ0) is 18.2. The Labute approximate surface area is 140 Å². The van der Waals surface area contributed by atoms with Crippen molar-refractivity contribution in [3.63, 3.8) is 0 Å². The van der Waals surface area contributed by atoms with Crippen molar-refractivity contribution in [2.45, 2.75) is 26.1 Å². The molecule has 0 N–H and O–H groups in total. The number of rotatable bonds is 3. The van der Waals surface area contributed by atoms with Gasteiger partial charge in [0.25, 0.3) is 5.56 Å². The van der Waals surface area contributed by atoms with E-state index in [-0.39, 0.29) is 11.1 Å². The van der Waals surface area contributed by atoms with Gasteiger partial charge in [0.15, 0.2) is 0 Å². The molecule has 0 amide bonds. The van der Waals surface area contributed by atoms with Crippen molar-refractivity contribution in [3.05, 3.63) is 64.5 Å². The van der Waals surface area contributed by atoms with E-state index in [0.29, 0.717) is 23.7 Å². The zero-order valence-corrected chi connectivity index (χ0v) is 13.3. The smallest absolute Gasteiger partial charge is 0.315 e. The number of nitrogens with zero attached hydrogens (tertiary/aromatic N) is 2. The largest absolute Gasteiger partial charge is 0.417 e. The summed E-state index contributed by atoms with van der Waals surface area (Å²) in [7, 11) is 0. The van der Waals surface area contributed by atoms with Crippen LogP contribution in [0.1, 0.15) is 18.9 Å². The summed E-state index contributed by atoms with van der Waals surface area (Å²) in [6.07, 6.45) is -1.46.